The molecule has 61 heavy (non-hydrogen) atoms. The van der Waals surface area contributed by atoms with Gasteiger partial charge in [-0.05, 0) is 116 Å². The molecule has 11 aromatic rings. The summed E-state index contributed by atoms with van der Waals surface area (Å²) in [6.45, 7) is 2.14. The van der Waals surface area contributed by atoms with Crippen LogP contribution in [0.3, 0.4) is 0 Å². The van der Waals surface area contributed by atoms with E-state index in [9.17, 15) is 0 Å². The maximum Gasteiger partial charge on any atom is 0.138 e. The zero-order valence-electron chi connectivity index (χ0n) is 33.8. The molecule has 0 bridgehead atoms. The lowest BCUT2D eigenvalue weighted by atomic mass is 9.97. The van der Waals surface area contributed by atoms with Gasteiger partial charge in [-0.2, -0.15) is 0 Å². The van der Waals surface area contributed by atoms with E-state index in [2.05, 4.69) is 230 Å². The molecule has 288 valence electrons. The molecule has 0 aliphatic rings. The Kier molecular flexibility index (Phi) is 9.09. The zero-order valence-corrected chi connectivity index (χ0v) is 33.8. The standard InChI is InChI=1S/C59H41NO/c1-40-53-20-9-10-24-58(53)61-59(40)50-19-12-18-48(38-50)44-27-25-42(26-28-44)43-29-33-51(34-30-43)60(57-39-49-15-5-6-21-54(49)55-22-7-8-23-56(55)57)52-35-31-45(32-36-52)47-17-11-16-46(37-47)41-13-3-2-4-14-41/h2-39H,1H3. The number of fused-ring (bicyclic) bond motifs is 4. The SMILES string of the molecule is Cc1c(-c2cccc(-c3ccc(-c4ccc(N(c5ccc(-c6cccc(-c7ccccc7)c6)cc5)c5cc6ccccc6c6ccccc56)cc4)cc3)c2)oc2ccccc12. The number of furan rings is 1. The van der Waals surface area contributed by atoms with Gasteiger partial charge in [0.15, 0.2) is 0 Å². The Balaban J connectivity index is 0.942. The summed E-state index contributed by atoms with van der Waals surface area (Å²) < 4.78 is 6.31. The number of anilines is 3. The van der Waals surface area contributed by atoms with Crippen LogP contribution in [0.25, 0.3) is 88.3 Å². The molecule has 0 saturated carbocycles. The summed E-state index contributed by atoms with van der Waals surface area (Å²) in [6, 6.07) is 83.0. The average molecular weight is 780 g/mol. The van der Waals surface area contributed by atoms with Gasteiger partial charge in [0, 0.05) is 33.3 Å². The van der Waals surface area contributed by atoms with E-state index in [-0.39, 0.29) is 0 Å². The van der Waals surface area contributed by atoms with Gasteiger partial charge in [-0.25, -0.2) is 0 Å². The fourth-order valence-electron chi connectivity index (χ4n) is 8.91. The Hall–Kier alpha value is -7.94. The van der Waals surface area contributed by atoms with E-state index in [1.807, 2.05) is 12.1 Å². The second kappa shape index (κ2) is 15.3. The highest BCUT2D eigenvalue weighted by Crippen LogP contribution is 2.43. The van der Waals surface area contributed by atoms with Gasteiger partial charge in [0.1, 0.15) is 11.3 Å². The fourth-order valence-corrected chi connectivity index (χ4v) is 8.91. The minimum Gasteiger partial charge on any atom is -0.456 e. The van der Waals surface area contributed by atoms with Crippen molar-refractivity contribution in [2.45, 2.75) is 6.92 Å². The van der Waals surface area contributed by atoms with Crippen molar-refractivity contribution >= 4 is 49.6 Å². The maximum atomic E-state index is 6.31. The van der Waals surface area contributed by atoms with Gasteiger partial charge in [0.25, 0.3) is 0 Å². The van der Waals surface area contributed by atoms with E-state index in [4.69, 9.17) is 4.42 Å². The normalized spacial score (nSPS) is 11.4. The van der Waals surface area contributed by atoms with Crippen LogP contribution in [-0.2, 0) is 0 Å². The summed E-state index contributed by atoms with van der Waals surface area (Å²) in [4.78, 5) is 2.41. The van der Waals surface area contributed by atoms with Gasteiger partial charge in [0.05, 0.1) is 5.69 Å². The first kappa shape index (κ1) is 36.2. The highest BCUT2D eigenvalue weighted by Gasteiger charge is 2.18. The third-order valence-electron chi connectivity index (χ3n) is 12.1. The number of rotatable bonds is 8. The molecule has 0 spiro atoms. The number of nitrogens with zero attached hydrogens (tertiary/aromatic N) is 1. The highest BCUT2D eigenvalue weighted by molar-refractivity contribution is 6.14. The predicted octanol–water partition coefficient (Wildman–Crippen LogP) is 16.9. The molecule has 0 N–H and O–H groups in total. The van der Waals surface area contributed by atoms with Crippen molar-refractivity contribution in [1.82, 2.24) is 0 Å². The van der Waals surface area contributed by atoms with Crippen molar-refractivity contribution < 1.29 is 4.42 Å². The van der Waals surface area contributed by atoms with Crippen LogP contribution in [-0.4, -0.2) is 0 Å². The number of hydrogen-bond donors (Lipinski definition) is 0. The summed E-state index contributed by atoms with van der Waals surface area (Å²) in [5.74, 6) is 0.926. The van der Waals surface area contributed by atoms with Crippen molar-refractivity contribution in [1.29, 1.82) is 0 Å². The van der Waals surface area contributed by atoms with Gasteiger partial charge < -0.3 is 9.32 Å². The molecule has 2 heteroatoms. The third-order valence-corrected chi connectivity index (χ3v) is 12.1. The third kappa shape index (κ3) is 6.75. The molecule has 11 rings (SSSR count). The van der Waals surface area contributed by atoms with Crippen LogP contribution < -0.4 is 4.90 Å². The second-order valence-corrected chi connectivity index (χ2v) is 15.7. The van der Waals surface area contributed by atoms with E-state index in [1.54, 1.807) is 0 Å². The Morgan fingerprint density at radius 2 is 0.738 bits per heavy atom. The number of para-hydroxylation sites is 1. The van der Waals surface area contributed by atoms with Crippen molar-refractivity contribution in [2.75, 3.05) is 4.90 Å². The van der Waals surface area contributed by atoms with Crippen LogP contribution in [0, 0.1) is 6.92 Å². The average Bonchev–Trinajstić information content (AvgIpc) is 3.68. The molecule has 0 radical (unpaired) electrons. The number of hydrogen-bond acceptors (Lipinski definition) is 2. The van der Waals surface area contributed by atoms with Gasteiger partial charge in [-0.15, -0.1) is 0 Å². The van der Waals surface area contributed by atoms with Gasteiger partial charge in [0.2, 0.25) is 0 Å². The molecule has 1 aromatic heterocycles. The van der Waals surface area contributed by atoms with Crippen LogP contribution >= 0.6 is 0 Å². The van der Waals surface area contributed by atoms with E-state index >= 15 is 0 Å². The Morgan fingerprint density at radius 1 is 0.311 bits per heavy atom. The molecule has 0 saturated heterocycles. The van der Waals surface area contributed by atoms with Crippen LogP contribution in [0.15, 0.2) is 235 Å². The lowest BCUT2D eigenvalue weighted by Gasteiger charge is -2.28. The van der Waals surface area contributed by atoms with Crippen molar-refractivity contribution in [3.63, 3.8) is 0 Å². The van der Waals surface area contributed by atoms with E-state index in [0.29, 0.717) is 0 Å². The molecule has 0 aliphatic heterocycles. The van der Waals surface area contributed by atoms with E-state index < -0.39 is 0 Å². The second-order valence-electron chi connectivity index (χ2n) is 15.7. The van der Waals surface area contributed by atoms with E-state index in [1.165, 1.54) is 66.1 Å². The van der Waals surface area contributed by atoms with Crippen molar-refractivity contribution in [3.8, 4) is 55.8 Å². The molecule has 0 aliphatic carbocycles. The van der Waals surface area contributed by atoms with Crippen molar-refractivity contribution in [3.05, 3.63) is 236 Å². The molecule has 0 atom stereocenters. The van der Waals surface area contributed by atoms with Crippen LogP contribution in [0.2, 0.25) is 0 Å². The fraction of sp³-hybridized carbons (Fsp3) is 0.0169. The first-order valence-corrected chi connectivity index (χ1v) is 20.9. The summed E-state index contributed by atoms with van der Waals surface area (Å²) >= 11 is 0. The number of aryl methyl sites for hydroxylation is 1. The summed E-state index contributed by atoms with van der Waals surface area (Å²) in [5.41, 5.74) is 16.0. The van der Waals surface area contributed by atoms with Gasteiger partial charge in [-0.3, -0.25) is 0 Å². The largest absolute Gasteiger partial charge is 0.456 e. The first-order valence-electron chi connectivity index (χ1n) is 20.9. The molecular formula is C59H41NO. The van der Waals surface area contributed by atoms with Crippen LogP contribution in [0.1, 0.15) is 5.56 Å². The summed E-state index contributed by atoms with van der Waals surface area (Å²) in [6.07, 6.45) is 0. The Labute approximate surface area is 356 Å². The minimum atomic E-state index is 0.920. The topological polar surface area (TPSA) is 16.4 Å². The quantitative estimate of drug-likeness (QED) is 0.143. The Morgan fingerprint density at radius 3 is 1.34 bits per heavy atom. The molecule has 0 fully saturated rings. The maximum absolute atomic E-state index is 6.31. The lowest BCUT2D eigenvalue weighted by molar-refractivity contribution is 0.629. The van der Waals surface area contributed by atoms with Crippen molar-refractivity contribution in [2.24, 2.45) is 0 Å². The first-order chi connectivity index (χ1) is 30.1. The van der Waals surface area contributed by atoms with Gasteiger partial charge in [-0.1, -0.05) is 182 Å². The highest BCUT2D eigenvalue weighted by atomic mass is 16.3. The summed E-state index contributed by atoms with van der Waals surface area (Å²) in [5, 5.41) is 6.08. The molecule has 0 unspecified atom stereocenters. The monoisotopic (exact) mass is 779 g/mol. The molecule has 1 heterocycles. The Bertz CT molecular complexity index is 3340. The molecular weight excluding hydrogens is 739 g/mol. The number of benzene rings is 10. The molecule has 10 aromatic carbocycles. The van der Waals surface area contributed by atoms with E-state index in [0.717, 1.165) is 44.9 Å². The predicted molar refractivity (Wildman–Crippen MR) is 258 cm³/mol. The lowest BCUT2D eigenvalue weighted by Crippen LogP contribution is -2.10. The van der Waals surface area contributed by atoms with Crippen LogP contribution in [0.5, 0.6) is 0 Å². The van der Waals surface area contributed by atoms with Crippen LogP contribution in [0.4, 0.5) is 17.1 Å². The summed E-state index contributed by atoms with van der Waals surface area (Å²) in [7, 11) is 0. The van der Waals surface area contributed by atoms with Gasteiger partial charge >= 0.3 is 0 Å². The molecule has 2 nitrogen and oxygen atoms in total. The smallest absolute Gasteiger partial charge is 0.138 e. The minimum absolute atomic E-state index is 0.920. The zero-order chi connectivity index (χ0) is 40.7. The molecule has 0 amide bonds.